The third-order valence-corrected chi connectivity index (χ3v) is 9.41. The van der Waals surface area contributed by atoms with E-state index in [2.05, 4.69) is 63.6 Å². The number of pyridine rings is 1. The van der Waals surface area contributed by atoms with Crippen molar-refractivity contribution in [1.82, 2.24) is 25.2 Å². The van der Waals surface area contributed by atoms with Crippen molar-refractivity contribution in [3.8, 4) is 17.3 Å². The van der Waals surface area contributed by atoms with Crippen molar-refractivity contribution < 1.29 is 4.74 Å². The van der Waals surface area contributed by atoms with Crippen LogP contribution in [0.4, 0.5) is 5.69 Å². The second-order valence-corrected chi connectivity index (χ2v) is 11.7. The molecule has 4 aromatic rings. The van der Waals surface area contributed by atoms with Crippen LogP contribution in [-0.4, -0.2) is 70.3 Å². The number of nitrogens with zero attached hydrogens (tertiary/aromatic N) is 5. The second-order valence-electron chi connectivity index (χ2n) is 11.7. The average Bonchev–Trinajstić information content (AvgIpc) is 3.64. The Morgan fingerprint density at radius 2 is 1.71 bits per heavy atom. The molecule has 4 aliphatic rings. The highest BCUT2D eigenvalue weighted by Gasteiger charge is 2.45. The predicted octanol–water partition coefficient (Wildman–Crippen LogP) is 4.79. The maximum Gasteiger partial charge on any atom is 0.217 e. The molecule has 4 saturated heterocycles. The Morgan fingerprint density at radius 1 is 0.921 bits per heavy atom. The van der Waals surface area contributed by atoms with E-state index in [4.69, 9.17) is 19.7 Å². The van der Waals surface area contributed by atoms with Gasteiger partial charge in [0.2, 0.25) is 5.88 Å². The molecule has 0 aliphatic carbocycles. The van der Waals surface area contributed by atoms with E-state index in [1.54, 1.807) is 0 Å². The summed E-state index contributed by atoms with van der Waals surface area (Å²) in [4.78, 5) is 20.1. The molecule has 0 spiro atoms. The van der Waals surface area contributed by atoms with Crippen LogP contribution in [0.1, 0.15) is 38.5 Å². The first-order valence-electron chi connectivity index (χ1n) is 14.3. The van der Waals surface area contributed by atoms with Gasteiger partial charge in [-0.1, -0.05) is 42.5 Å². The highest BCUT2D eigenvalue weighted by Crippen LogP contribution is 2.40. The van der Waals surface area contributed by atoms with Crippen molar-refractivity contribution in [2.24, 2.45) is 0 Å². The Kier molecular flexibility index (Phi) is 5.30. The summed E-state index contributed by atoms with van der Waals surface area (Å²) in [5.74, 6) is 1.40. The number of fused-ring (bicyclic) bond motifs is 5. The fourth-order valence-electron chi connectivity index (χ4n) is 7.52. The molecule has 2 bridgehead atoms. The number of hydrogen-bond acceptors (Lipinski definition) is 7. The summed E-state index contributed by atoms with van der Waals surface area (Å²) in [5.41, 5.74) is 3.09. The lowest BCUT2D eigenvalue weighted by Crippen LogP contribution is -2.51. The molecule has 2 unspecified atom stereocenters. The number of benzene rings is 2. The van der Waals surface area contributed by atoms with E-state index < -0.39 is 0 Å². The SMILES string of the molecule is c1ccc2c(-c3ncc4c(N5CC6CCC(C5)N6)cc(OCC56CCCN5CCC6)nc4n3)cccc2c1. The van der Waals surface area contributed by atoms with Crippen LogP contribution in [-0.2, 0) is 0 Å². The van der Waals surface area contributed by atoms with Crippen molar-refractivity contribution >= 4 is 27.5 Å². The van der Waals surface area contributed by atoms with Crippen molar-refractivity contribution in [3.63, 3.8) is 0 Å². The van der Waals surface area contributed by atoms with Crippen LogP contribution >= 0.6 is 0 Å². The lowest BCUT2D eigenvalue weighted by Gasteiger charge is -2.35. The Bertz CT molecular complexity index is 1490. The van der Waals surface area contributed by atoms with Gasteiger partial charge in [-0.25, -0.2) is 9.97 Å². The molecule has 7 heteroatoms. The van der Waals surface area contributed by atoms with Crippen LogP contribution in [0.5, 0.6) is 5.88 Å². The quantitative estimate of drug-likeness (QED) is 0.417. The molecule has 38 heavy (non-hydrogen) atoms. The molecular formula is C31H34N6O. The molecule has 2 atom stereocenters. The van der Waals surface area contributed by atoms with Crippen LogP contribution in [0.15, 0.2) is 54.7 Å². The third kappa shape index (κ3) is 3.75. The zero-order valence-corrected chi connectivity index (χ0v) is 21.8. The zero-order chi connectivity index (χ0) is 25.1. The number of hydrogen-bond donors (Lipinski definition) is 1. The lowest BCUT2D eigenvalue weighted by molar-refractivity contribution is 0.111. The number of aromatic nitrogens is 3. The Hall–Kier alpha value is -3.29. The summed E-state index contributed by atoms with van der Waals surface area (Å²) >= 11 is 0. The molecule has 0 radical (unpaired) electrons. The normalized spacial score (nSPS) is 24.4. The first-order valence-corrected chi connectivity index (χ1v) is 14.3. The highest BCUT2D eigenvalue weighted by molar-refractivity contribution is 5.96. The smallest absolute Gasteiger partial charge is 0.217 e. The summed E-state index contributed by atoms with van der Waals surface area (Å²) < 4.78 is 6.56. The lowest BCUT2D eigenvalue weighted by atomic mass is 9.95. The first-order chi connectivity index (χ1) is 18.7. The molecule has 4 aliphatic heterocycles. The first kappa shape index (κ1) is 22.7. The maximum absolute atomic E-state index is 6.56. The fourth-order valence-corrected chi connectivity index (χ4v) is 7.52. The highest BCUT2D eigenvalue weighted by atomic mass is 16.5. The summed E-state index contributed by atoms with van der Waals surface area (Å²) in [6.07, 6.45) is 9.45. The van der Waals surface area contributed by atoms with E-state index >= 15 is 0 Å². The van der Waals surface area contributed by atoms with Gasteiger partial charge in [-0.05, 0) is 62.4 Å². The molecule has 8 rings (SSSR count). The Balaban J connectivity index is 1.21. The van der Waals surface area contributed by atoms with E-state index in [1.807, 2.05) is 6.20 Å². The Morgan fingerprint density at radius 3 is 2.55 bits per heavy atom. The minimum Gasteiger partial charge on any atom is -0.476 e. The van der Waals surface area contributed by atoms with Gasteiger partial charge in [0, 0.05) is 43.0 Å². The molecule has 2 aromatic carbocycles. The number of ether oxygens (including phenoxy) is 1. The third-order valence-electron chi connectivity index (χ3n) is 9.41. The van der Waals surface area contributed by atoms with Gasteiger partial charge in [-0.3, -0.25) is 4.90 Å². The molecule has 1 N–H and O–H groups in total. The summed E-state index contributed by atoms with van der Waals surface area (Å²) in [5, 5.41) is 7.11. The van der Waals surface area contributed by atoms with E-state index in [0.717, 1.165) is 35.1 Å². The van der Waals surface area contributed by atoms with Crippen LogP contribution in [0.25, 0.3) is 33.2 Å². The zero-order valence-electron chi connectivity index (χ0n) is 21.8. The summed E-state index contributed by atoms with van der Waals surface area (Å²) in [7, 11) is 0. The van der Waals surface area contributed by atoms with Gasteiger partial charge < -0.3 is 15.0 Å². The van der Waals surface area contributed by atoms with Crippen molar-refractivity contribution in [3.05, 3.63) is 54.7 Å². The van der Waals surface area contributed by atoms with Crippen LogP contribution < -0.4 is 15.0 Å². The molecule has 7 nitrogen and oxygen atoms in total. The number of rotatable bonds is 5. The number of nitrogens with one attached hydrogen (secondary N) is 1. The van der Waals surface area contributed by atoms with E-state index in [1.165, 1.54) is 57.0 Å². The van der Waals surface area contributed by atoms with Gasteiger partial charge in [0.25, 0.3) is 0 Å². The molecule has 2 aromatic heterocycles. The molecule has 4 fully saturated rings. The minimum atomic E-state index is 0.185. The van der Waals surface area contributed by atoms with E-state index in [-0.39, 0.29) is 5.54 Å². The minimum absolute atomic E-state index is 0.185. The van der Waals surface area contributed by atoms with Crippen molar-refractivity contribution in [2.75, 3.05) is 37.7 Å². The molecule has 6 heterocycles. The maximum atomic E-state index is 6.56. The second kappa shape index (κ2) is 8.89. The van der Waals surface area contributed by atoms with Gasteiger partial charge in [-0.2, -0.15) is 4.98 Å². The van der Waals surface area contributed by atoms with Crippen LogP contribution in [0, 0.1) is 0 Å². The van der Waals surface area contributed by atoms with Crippen LogP contribution in [0.3, 0.4) is 0 Å². The number of anilines is 1. The van der Waals surface area contributed by atoms with Gasteiger partial charge in [-0.15, -0.1) is 0 Å². The average molecular weight is 507 g/mol. The molecule has 194 valence electrons. The van der Waals surface area contributed by atoms with Gasteiger partial charge in [0.05, 0.1) is 16.6 Å². The number of piperazine rings is 1. The van der Waals surface area contributed by atoms with Gasteiger partial charge >= 0.3 is 0 Å². The Labute approximate surface area is 223 Å². The molecule has 0 amide bonds. The van der Waals surface area contributed by atoms with E-state index in [0.29, 0.717) is 36.0 Å². The summed E-state index contributed by atoms with van der Waals surface area (Å²) in [6, 6.07) is 18.0. The van der Waals surface area contributed by atoms with E-state index in [9.17, 15) is 0 Å². The standard InChI is InChI=1S/C31H34N6O/c1-2-8-24-21(6-1)7-3-9-25(24)29-32-17-26-27(36-18-22-10-11-23(19-36)33-22)16-28(34-30(26)35-29)38-20-31-12-4-14-37(31)15-5-13-31/h1-3,6-9,16-17,22-23,33H,4-5,10-15,18-20H2. The largest absolute Gasteiger partial charge is 0.476 e. The monoisotopic (exact) mass is 506 g/mol. The van der Waals surface area contributed by atoms with Crippen molar-refractivity contribution in [1.29, 1.82) is 0 Å². The van der Waals surface area contributed by atoms with Gasteiger partial charge in [0.1, 0.15) is 6.61 Å². The summed E-state index contributed by atoms with van der Waals surface area (Å²) in [6.45, 7) is 5.10. The fraction of sp³-hybridized carbons (Fsp3) is 0.452. The molecule has 0 saturated carbocycles. The molecular weight excluding hydrogens is 472 g/mol. The topological polar surface area (TPSA) is 66.4 Å². The predicted molar refractivity (Wildman–Crippen MR) is 151 cm³/mol. The van der Waals surface area contributed by atoms with Crippen LogP contribution in [0.2, 0.25) is 0 Å². The van der Waals surface area contributed by atoms with Gasteiger partial charge in [0.15, 0.2) is 11.5 Å². The van der Waals surface area contributed by atoms with Crippen molar-refractivity contribution in [2.45, 2.75) is 56.1 Å².